The van der Waals surface area contributed by atoms with Crippen molar-refractivity contribution in [3.8, 4) is 22.8 Å². The van der Waals surface area contributed by atoms with Crippen molar-refractivity contribution in [2.24, 2.45) is 7.05 Å². The Morgan fingerprint density at radius 3 is 2.74 bits per heavy atom. The van der Waals surface area contributed by atoms with Crippen LogP contribution < -0.4 is 5.32 Å². The number of aromatic nitrogens is 4. The molecule has 1 N–H and O–H groups in total. The second kappa shape index (κ2) is 7.31. The average Bonchev–Trinajstić information content (AvgIpc) is 3.13. The second-order valence-corrected chi connectivity index (χ2v) is 6.92. The van der Waals surface area contributed by atoms with Gasteiger partial charge in [-0.1, -0.05) is 37.3 Å². The van der Waals surface area contributed by atoms with Gasteiger partial charge in [0, 0.05) is 43.3 Å². The number of hydrogen-bond donors (Lipinski definition) is 1. The van der Waals surface area contributed by atoms with Gasteiger partial charge in [-0.05, 0) is 18.9 Å². The molecule has 1 aliphatic rings. The van der Waals surface area contributed by atoms with Gasteiger partial charge < -0.3 is 5.32 Å². The molecule has 0 radical (unpaired) electrons. The van der Waals surface area contributed by atoms with E-state index in [4.69, 9.17) is 9.97 Å². The van der Waals surface area contributed by atoms with E-state index in [0.29, 0.717) is 12.2 Å². The van der Waals surface area contributed by atoms with Gasteiger partial charge in [0.15, 0.2) is 5.82 Å². The molecule has 1 atom stereocenters. The lowest BCUT2D eigenvalue weighted by Gasteiger charge is -2.26. The minimum Gasteiger partial charge on any atom is -0.353 e. The van der Waals surface area contributed by atoms with E-state index >= 15 is 0 Å². The quantitative estimate of drug-likeness (QED) is 0.775. The molecule has 3 aromatic rings. The van der Waals surface area contributed by atoms with Crippen LogP contribution in [0.25, 0.3) is 22.8 Å². The lowest BCUT2D eigenvalue weighted by molar-refractivity contribution is -0.121. The summed E-state index contributed by atoms with van der Waals surface area (Å²) in [5.74, 6) is 0.795. The van der Waals surface area contributed by atoms with Gasteiger partial charge in [-0.2, -0.15) is 5.10 Å². The number of aryl methyl sites for hydroxylation is 1. The van der Waals surface area contributed by atoms with Crippen molar-refractivity contribution in [3.05, 3.63) is 53.9 Å². The highest BCUT2D eigenvalue weighted by Crippen LogP contribution is 2.31. The van der Waals surface area contributed by atoms with Gasteiger partial charge >= 0.3 is 0 Å². The number of benzene rings is 1. The maximum absolute atomic E-state index is 11.8. The monoisotopic (exact) mass is 361 g/mol. The first-order valence-corrected chi connectivity index (χ1v) is 9.38. The van der Waals surface area contributed by atoms with Crippen LogP contribution in [-0.4, -0.2) is 31.7 Å². The molecule has 1 unspecified atom stereocenters. The third kappa shape index (κ3) is 3.60. The normalized spacial score (nSPS) is 16.0. The van der Waals surface area contributed by atoms with E-state index in [1.54, 1.807) is 4.68 Å². The van der Waals surface area contributed by atoms with Crippen LogP contribution in [0.2, 0.25) is 0 Å². The first kappa shape index (κ1) is 17.4. The summed E-state index contributed by atoms with van der Waals surface area (Å²) in [6.07, 6.45) is 4.89. The molecule has 0 bridgehead atoms. The SMILES string of the molecule is CCC(=O)NC1CCc2c(nc(-c3ccccc3)nc2-c2ccn(C)n2)C1. The highest BCUT2D eigenvalue weighted by atomic mass is 16.1. The maximum Gasteiger partial charge on any atom is 0.219 e. The van der Waals surface area contributed by atoms with Gasteiger partial charge in [-0.15, -0.1) is 0 Å². The fourth-order valence-electron chi connectivity index (χ4n) is 3.54. The average molecular weight is 361 g/mol. The van der Waals surface area contributed by atoms with Crippen molar-refractivity contribution in [3.63, 3.8) is 0 Å². The molecule has 1 aliphatic carbocycles. The highest BCUT2D eigenvalue weighted by Gasteiger charge is 2.26. The Labute approximate surface area is 158 Å². The molecule has 0 spiro atoms. The summed E-state index contributed by atoms with van der Waals surface area (Å²) in [6, 6.07) is 12.1. The van der Waals surface area contributed by atoms with Gasteiger partial charge in [-0.3, -0.25) is 9.48 Å². The molecule has 2 heterocycles. The number of amides is 1. The van der Waals surface area contributed by atoms with Crippen LogP contribution in [0.4, 0.5) is 0 Å². The zero-order valence-electron chi connectivity index (χ0n) is 15.6. The molecular formula is C21H23N5O. The van der Waals surface area contributed by atoms with Crippen molar-refractivity contribution < 1.29 is 4.79 Å². The lowest BCUT2D eigenvalue weighted by atomic mass is 9.89. The predicted molar refractivity (Wildman–Crippen MR) is 104 cm³/mol. The fourth-order valence-corrected chi connectivity index (χ4v) is 3.54. The van der Waals surface area contributed by atoms with E-state index in [9.17, 15) is 4.79 Å². The van der Waals surface area contributed by atoms with E-state index < -0.39 is 0 Å². The number of nitrogens with one attached hydrogen (secondary N) is 1. The summed E-state index contributed by atoms with van der Waals surface area (Å²) in [7, 11) is 1.91. The van der Waals surface area contributed by atoms with Crippen LogP contribution in [0.3, 0.4) is 0 Å². The van der Waals surface area contributed by atoms with Crippen LogP contribution in [-0.2, 0) is 24.7 Å². The number of nitrogens with zero attached hydrogens (tertiary/aromatic N) is 4. The van der Waals surface area contributed by atoms with Crippen molar-refractivity contribution in [2.75, 3.05) is 0 Å². The number of rotatable bonds is 4. The molecular weight excluding hydrogens is 338 g/mol. The van der Waals surface area contributed by atoms with E-state index in [1.165, 1.54) is 0 Å². The third-order valence-electron chi connectivity index (χ3n) is 4.95. The van der Waals surface area contributed by atoms with Crippen molar-refractivity contribution >= 4 is 5.91 Å². The Morgan fingerprint density at radius 1 is 1.22 bits per heavy atom. The second-order valence-electron chi connectivity index (χ2n) is 6.92. The molecule has 2 aromatic heterocycles. The molecule has 0 fully saturated rings. The molecule has 0 saturated heterocycles. The lowest BCUT2D eigenvalue weighted by Crippen LogP contribution is -2.39. The zero-order chi connectivity index (χ0) is 18.8. The molecule has 0 aliphatic heterocycles. The molecule has 6 nitrogen and oxygen atoms in total. The van der Waals surface area contributed by atoms with E-state index in [-0.39, 0.29) is 11.9 Å². The number of carbonyl (C=O) groups excluding carboxylic acids is 1. The van der Waals surface area contributed by atoms with Crippen LogP contribution in [0.1, 0.15) is 31.0 Å². The van der Waals surface area contributed by atoms with Crippen LogP contribution >= 0.6 is 0 Å². The largest absolute Gasteiger partial charge is 0.353 e. The zero-order valence-corrected chi connectivity index (χ0v) is 15.6. The third-order valence-corrected chi connectivity index (χ3v) is 4.95. The van der Waals surface area contributed by atoms with Crippen LogP contribution in [0, 0.1) is 0 Å². The molecule has 4 rings (SSSR count). The standard InChI is InChI=1S/C21H23N5O/c1-3-19(27)22-15-9-10-16-18(13-15)23-21(14-7-5-4-6-8-14)24-20(16)17-11-12-26(2)25-17/h4-8,11-12,15H,3,9-10,13H2,1-2H3,(H,22,27). The minimum absolute atomic E-state index is 0.0886. The molecule has 1 amide bonds. The summed E-state index contributed by atoms with van der Waals surface area (Å²) in [5.41, 5.74) is 4.91. The summed E-state index contributed by atoms with van der Waals surface area (Å²) >= 11 is 0. The molecule has 138 valence electrons. The highest BCUT2D eigenvalue weighted by molar-refractivity contribution is 5.76. The molecule has 0 saturated carbocycles. The topological polar surface area (TPSA) is 72.7 Å². The van der Waals surface area contributed by atoms with Gasteiger partial charge in [0.2, 0.25) is 5.91 Å². The molecule has 6 heteroatoms. The van der Waals surface area contributed by atoms with E-state index in [2.05, 4.69) is 10.4 Å². The summed E-state index contributed by atoms with van der Waals surface area (Å²) in [6.45, 7) is 1.88. The molecule has 27 heavy (non-hydrogen) atoms. The Morgan fingerprint density at radius 2 is 2.04 bits per heavy atom. The summed E-state index contributed by atoms with van der Waals surface area (Å²) in [4.78, 5) is 21.5. The van der Waals surface area contributed by atoms with Crippen molar-refractivity contribution in [2.45, 2.75) is 38.6 Å². The van der Waals surface area contributed by atoms with Crippen molar-refractivity contribution in [1.29, 1.82) is 0 Å². The minimum atomic E-state index is 0.0886. The number of fused-ring (bicyclic) bond motifs is 1. The van der Waals surface area contributed by atoms with E-state index in [0.717, 1.165) is 47.5 Å². The van der Waals surface area contributed by atoms with Crippen molar-refractivity contribution in [1.82, 2.24) is 25.1 Å². The van der Waals surface area contributed by atoms with Crippen LogP contribution in [0.15, 0.2) is 42.6 Å². The Balaban J connectivity index is 1.78. The predicted octanol–water partition coefficient (Wildman–Crippen LogP) is 2.93. The van der Waals surface area contributed by atoms with Crippen LogP contribution in [0.5, 0.6) is 0 Å². The molecule has 1 aromatic carbocycles. The first-order chi connectivity index (χ1) is 13.1. The maximum atomic E-state index is 11.8. The van der Waals surface area contributed by atoms with Gasteiger partial charge in [-0.25, -0.2) is 9.97 Å². The Bertz CT molecular complexity index is 964. The number of hydrogen-bond acceptors (Lipinski definition) is 4. The van der Waals surface area contributed by atoms with Gasteiger partial charge in [0.05, 0.1) is 11.4 Å². The van der Waals surface area contributed by atoms with Gasteiger partial charge in [0.1, 0.15) is 5.69 Å². The van der Waals surface area contributed by atoms with E-state index in [1.807, 2.05) is 56.6 Å². The Kier molecular flexibility index (Phi) is 4.71. The first-order valence-electron chi connectivity index (χ1n) is 9.38. The number of carbonyl (C=O) groups is 1. The summed E-state index contributed by atoms with van der Waals surface area (Å²) in [5, 5.41) is 7.67. The van der Waals surface area contributed by atoms with Gasteiger partial charge in [0.25, 0.3) is 0 Å². The Hall–Kier alpha value is -3.02. The summed E-state index contributed by atoms with van der Waals surface area (Å²) < 4.78 is 1.79. The fraction of sp³-hybridized carbons (Fsp3) is 0.333. The smallest absolute Gasteiger partial charge is 0.219 e.